The van der Waals surface area contributed by atoms with Crippen LogP contribution in [0.1, 0.15) is 29.6 Å². The molecule has 0 bridgehead atoms. The summed E-state index contributed by atoms with van der Waals surface area (Å²) in [4.78, 5) is 19.4. The fourth-order valence-electron chi connectivity index (χ4n) is 2.17. The molecule has 1 aliphatic rings. The van der Waals surface area contributed by atoms with E-state index in [1.807, 2.05) is 0 Å². The topological polar surface area (TPSA) is 41.6 Å². The number of halogens is 2. The first-order chi connectivity index (χ1) is 9.66. The van der Waals surface area contributed by atoms with Crippen molar-refractivity contribution >= 4 is 29.1 Å². The van der Waals surface area contributed by atoms with Crippen molar-refractivity contribution in [3.8, 4) is 0 Å². The van der Waals surface area contributed by atoms with Crippen LogP contribution in [-0.2, 0) is 4.84 Å². The number of nitrogens with zero attached hydrogens (tertiary/aromatic N) is 1. The third kappa shape index (κ3) is 4.63. The summed E-state index contributed by atoms with van der Waals surface area (Å²) in [5, 5.41) is 0.780. The van der Waals surface area contributed by atoms with Crippen LogP contribution in [0.25, 0.3) is 0 Å². The lowest BCUT2D eigenvalue weighted by molar-refractivity contribution is 0.0206. The zero-order valence-electron chi connectivity index (χ0n) is 11.2. The van der Waals surface area contributed by atoms with Crippen LogP contribution in [0.2, 0.25) is 10.0 Å². The maximum Gasteiger partial charge on any atom is 0.274 e. The van der Waals surface area contributed by atoms with Gasteiger partial charge in [0.25, 0.3) is 5.91 Å². The van der Waals surface area contributed by atoms with E-state index in [2.05, 4.69) is 10.4 Å². The number of carbonyl (C=O) groups is 1. The van der Waals surface area contributed by atoms with E-state index in [9.17, 15) is 4.79 Å². The summed E-state index contributed by atoms with van der Waals surface area (Å²) >= 11 is 11.7. The van der Waals surface area contributed by atoms with Crippen molar-refractivity contribution < 1.29 is 9.63 Å². The molecule has 6 heteroatoms. The van der Waals surface area contributed by atoms with Gasteiger partial charge in [0, 0.05) is 12.1 Å². The SMILES string of the molecule is O=C(NOCCN1CCCCC1)c1ccc(Cl)c(Cl)c1. The minimum absolute atomic E-state index is 0.317. The summed E-state index contributed by atoms with van der Waals surface area (Å²) in [6.45, 7) is 3.54. The molecule has 1 saturated heterocycles. The molecule has 0 atom stereocenters. The molecule has 1 fully saturated rings. The van der Waals surface area contributed by atoms with Crippen LogP contribution >= 0.6 is 23.2 Å². The minimum Gasteiger partial charge on any atom is -0.301 e. The van der Waals surface area contributed by atoms with Crippen molar-refractivity contribution in [1.29, 1.82) is 0 Å². The highest BCUT2D eigenvalue weighted by atomic mass is 35.5. The number of nitrogens with one attached hydrogen (secondary N) is 1. The standard InChI is InChI=1S/C14H18Cl2N2O2/c15-12-5-4-11(10-13(12)16)14(19)17-20-9-8-18-6-2-1-3-7-18/h4-5,10H,1-3,6-9H2,(H,17,19). The number of carbonyl (C=O) groups excluding carboxylic acids is 1. The third-order valence-electron chi connectivity index (χ3n) is 3.30. The molecule has 1 N–H and O–H groups in total. The maximum absolute atomic E-state index is 11.8. The van der Waals surface area contributed by atoms with Gasteiger partial charge < -0.3 is 4.90 Å². The van der Waals surface area contributed by atoms with Crippen molar-refractivity contribution in [3.05, 3.63) is 33.8 Å². The van der Waals surface area contributed by atoms with Gasteiger partial charge in [-0.05, 0) is 44.1 Å². The molecular weight excluding hydrogens is 299 g/mol. The molecule has 110 valence electrons. The molecule has 4 nitrogen and oxygen atoms in total. The second-order valence-electron chi connectivity index (χ2n) is 4.81. The molecule has 0 spiro atoms. The lowest BCUT2D eigenvalue weighted by atomic mass is 10.1. The maximum atomic E-state index is 11.8. The number of rotatable bonds is 5. The second-order valence-corrected chi connectivity index (χ2v) is 5.63. The summed E-state index contributed by atoms with van der Waals surface area (Å²) in [5.74, 6) is -0.317. The molecule has 2 rings (SSSR count). The summed E-state index contributed by atoms with van der Waals surface area (Å²) in [6, 6.07) is 4.72. The second kappa shape index (κ2) is 7.84. The third-order valence-corrected chi connectivity index (χ3v) is 4.04. The Hall–Kier alpha value is -0.810. The Morgan fingerprint density at radius 2 is 1.95 bits per heavy atom. The van der Waals surface area contributed by atoms with E-state index in [0.717, 1.165) is 19.6 Å². The average Bonchev–Trinajstić information content (AvgIpc) is 2.47. The first-order valence-corrected chi connectivity index (χ1v) is 7.52. The van der Waals surface area contributed by atoms with Gasteiger partial charge in [-0.15, -0.1) is 0 Å². The Morgan fingerprint density at radius 3 is 2.65 bits per heavy atom. The monoisotopic (exact) mass is 316 g/mol. The molecule has 0 aromatic heterocycles. The molecule has 1 aromatic rings. The van der Waals surface area contributed by atoms with E-state index < -0.39 is 0 Å². The van der Waals surface area contributed by atoms with Crippen LogP contribution in [-0.4, -0.2) is 37.0 Å². The molecule has 0 radical (unpaired) electrons. The first-order valence-electron chi connectivity index (χ1n) is 6.76. The summed E-state index contributed by atoms with van der Waals surface area (Å²) in [7, 11) is 0. The quantitative estimate of drug-likeness (QED) is 0.670. The van der Waals surface area contributed by atoms with Gasteiger partial charge in [-0.25, -0.2) is 5.48 Å². The highest BCUT2D eigenvalue weighted by molar-refractivity contribution is 6.42. The van der Waals surface area contributed by atoms with Crippen LogP contribution in [0.5, 0.6) is 0 Å². The fourth-order valence-corrected chi connectivity index (χ4v) is 2.47. The van der Waals surface area contributed by atoms with Gasteiger partial charge in [-0.3, -0.25) is 9.63 Å². The van der Waals surface area contributed by atoms with Crippen LogP contribution < -0.4 is 5.48 Å². The van der Waals surface area contributed by atoms with Gasteiger partial charge in [-0.2, -0.15) is 0 Å². The van der Waals surface area contributed by atoms with Crippen LogP contribution in [0, 0.1) is 0 Å². The minimum atomic E-state index is -0.317. The Morgan fingerprint density at radius 1 is 1.20 bits per heavy atom. The van der Waals surface area contributed by atoms with Gasteiger partial charge in [0.05, 0.1) is 16.7 Å². The molecule has 1 aromatic carbocycles. The van der Waals surface area contributed by atoms with E-state index in [1.165, 1.54) is 25.3 Å². The number of piperidine rings is 1. The van der Waals surface area contributed by atoms with Crippen molar-refractivity contribution in [2.45, 2.75) is 19.3 Å². The number of benzene rings is 1. The zero-order valence-corrected chi connectivity index (χ0v) is 12.7. The molecule has 20 heavy (non-hydrogen) atoms. The number of hydrogen-bond acceptors (Lipinski definition) is 3. The van der Waals surface area contributed by atoms with Crippen LogP contribution in [0.3, 0.4) is 0 Å². The lowest BCUT2D eigenvalue weighted by Crippen LogP contribution is -2.35. The predicted octanol–water partition coefficient (Wildman–Crippen LogP) is 3.14. The Balaban J connectivity index is 1.70. The highest BCUT2D eigenvalue weighted by Crippen LogP contribution is 2.22. The summed E-state index contributed by atoms with van der Waals surface area (Å²) in [5.41, 5.74) is 2.85. The highest BCUT2D eigenvalue weighted by Gasteiger charge is 2.11. The van der Waals surface area contributed by atoms with Gasteiger partial charge >= 0.3 is 0 Å². The van der Waals surface area contributed by atoms with Gasteiger partial charge in [-0.1, -0.05) is 29.6 Å². The van der Waals surface area contributed by atoms with Crippen LogP contribution in [0.4, 0.5) is 0 Å². The Labute approximate surface area is 128 Å². The predicted molar refractivity (Wildman–Crippen MR) is 80.2 cm³/mol. The number of likely N-dealkylation sites (tertiary alicyclic amines) is 1. The lowest BCUT2D eigenvalue weighted by Gasteiger charge is -2.25. The van der Waals surface area contributed by atoms with E-state index in [4.69, 9.17) is 28.0 Å². The first kappa shape index (κ1) is 15.6. The van der Waals surface area contributed by atoms with Crippen molar-refractivity contribution in [3.63, 3.8) is 0 Å². The van der Waals surface area contributed by atoms with Crippen molar-refractivity contribution in [1.82, 2.24) is 10.4 Å². The van der Waals surface area contributed by atoms with Crippen molar-refractivity contribution in [2.75, 3.05) is 26.2 Å². The number of hydroxylamine groups is 1. The largest absolute Gasteiger partial charge is 0.301 e. The van der Waals surface area contributed by atoms with E-state index in [1.54, 1.807) is 12.1 Å². The molecule has 0 unspecified atom stereocenters. The van der Waals surface area contributed by atoms with Crippen molar-refractivity contribution in [2.24, 2.45) is 0 Å². The average molecular weight is 317 g/mol. The van der Waals surface area contributed by atoms with E-state index in [-0.39, 0.29) is 5.91 Å². The van der Waals surface area contributed by atoms with Gasteiger partial charge in [0.1, 0.15) is 0 Å². The molecular formula is C14H18Cl2N2O2. The van der Waals surface area contributed by atoms with E-state index >= 15 is 0 Å². The Kier molecular flexibility index (Phi) is 6.10. The number of hydrogen-bond donors (Lipinski definition) is 1. The smallest absolute Gasteiger partial charge is 0.274 e. The van der Waals surface area contributed by atoms with Crippen LogP contribution in [0.15, 0.2) is 18.2 Å². The van der Waals surface area contributed by atoms with E-state index in [0.29, 0.717) is 22.2 Å². The van der Waals surface area contributed by atoms with Gasteiger partial charge in [0.15, 0.2) is 0 Å². The van der Waals surface area contributed by atoms with Gasteiger partial charge in [0.2, 0.25) is 0 Å². The number of amides is 1. The summed E-state index contributed by atoms with van der Waals surface area (Å²) in [6.07, 6.45) is 3.80. The zero-order chi connectivity index (χ0) is 14.4. The molecule has 1 amide bonds. The molecule has 1 heterocycles. The molecule has 1 aliphatic heterocycles. The molecule has 0 aliphatic carbocycles. The molecule has 0 saturated carbocycles. The fraction of sp³-hybridized carbons (Fsp3) is 0.500. The Bertz CT molecular complexity index is 462. The summed E-state index contributed by atoms with van der Waals surface area (Å²) < 4.78 is 0. The normalized spacial score (nSPS) is 16.1.